The van der Waals surface area contributed by atoms with Gasteiger partial charge in [0.2, 0.25) is 0 Å². The molecule has 62 heavy (non-hydrogen) atoms. The fourth-order valence-electron chi connectivity index (χ4n) is 10.7. The van der Waals surface area contributed by atoms with Gasteiger partial charge in [0.25, 0.3) is 0 Å². The predicted octanol–water partition coefficient (Wildman–Crippen LogP) is 15.6. The minimum absolute atomic E-state index is 0.0533. The number of fused-ring (bicyclic) bond motifs is 7. The fourth-order valence-corrected chi connectivity index (χ4v) is 10.7. The molecule has 0 N–H and O–H groups in total. The Kier molecular flexibility index (Phi) is 8.67. The third-order valence-electron chi connectivity index (χ3n) is 13.6. The van der Waals surface area contributed by atoms with Gasteiger partial charge < -0.3 is 14.4 Å². The number of hydrogen-bond donors (Lipinski definition) is 0. The van der Waals surface area contributed by atoms with Crippen LogP contribution in [0.2, 0.25) is 0 Å². The Morgan fingerprint density at radius 1 is 0.339 bits per heavy atom. The maximum atomic E-state index is 2.53. The van der Waals surface area contributed by atoms with Gasteiger partial charge in [0.15, 0.2) is 0 Å². The monoisotopic (exact) mass is 795 g/mol. The van der Waals surface area contributed by atoms with E-state index >= 15 is 0 Å². The molecule has 0 unspecified atom stereocenters. The van der Waals surface area contributed by atoms with Crippen molar-refractivity contribution >= 4 is 55.9 Å². The molecule has 0 bridgehead atoms. The lowest BCUT2D eigenvalue weighted by molar-refractivity contribution is 0.507. The second-order valence-corrected chi connectivity index (χ2v) is 16.9. The molecule has 296 valence electrons. The molecule has 2 aliphatic carbocycles. The Morgan fingerprint density at radius 3 is 1.39 bits per heavy atom. The maximum absolute atomic E-state index is 2.53. The summed E-state index contributed by atoms with van der Waals surface area (Å²) >= 11 is 0. The fraction of sp³-hybridized carbons (Fsp3) is 0.0847. The van der Waals surface area contributed by atoms with Crippen LogP contribution in [0.3, 0.4) is 0 Å². The van der Waals surface area contributed by atoms with Crippen molar-refractivity contribution in [3.05, 3.63) is 247 Å². The van der Waals surface area contributed by atoms with Gasteiger partial charge in [-0.1, -0.05) is 133 Å². The molecule has 0 radical (unpaired) electrons. The zero-order valence-electron chi connectivity index (χ0n) is 34.5. The predicted molar refractivity (Wildman–Crippen MR) is 259 cm³/mol. The number of benzene rings is 9. The van der Waals surface area contributed by atoms with Crippen molar-refractivity contribution in [3.63, 3.8) is 0 Å². The maximum Gasteiger partial charge on any atom is 0.0561 e. The van der Waals surface area contributed by atoms with E-state index in [1.54, 1.807) is 0 Å². The van der Waals surface area contributed by atoms with E-state index in [0.29, 0.717) is 0 Å². The van der Waals surface area contributed by atoms with Gasteiger partial charge in [0.1, 0.15) is 0 Å². The minimum atomic E-state index is -0.0533. The van der Waals surface area contributed by atoms with Gasteiger partial charge in [0, 0.05) is 56.0 Å². The molecule has 3 heteroatoms. The van der Waals surface area contributed by atoms with E-state index in [2.05, 4.69) is 239 Å². The van der Waals surface area contributed by atoms with Crippen molar-refractivity contribution in [3.8, 4) is 16.8 Å². The normalized spacial score (nSPS) is 15.2. The highest BCUT2D eigenvalue weighted by atomic mass is 15.1. The first kappa shape index (κ1) is 36.2. The van der Waals surface area contributed by atoms with Crippen LogP contribution < -0.4 is 9.80 Å². The van der Waals surface area contributed by atoms with Crippen LogP contribution in [0.15, 0.2) is 224 Å². The number of nitrogens with zero attached hydrogens (tertiary/aromatic N) is 3. The van der Waals surface area contributed by atoms with Gasteiger partial charge in [-0.2, -0.15) is 0 Å². The summed E-state index contributed by atoms with van der Waals surface area (Å²) in [7, 11) is 0. The molecular weight excluding hydrogens is 751 g/mol. The van der Waals surface area contributed by atoms with E-state index in [9.17, 15) is 0 Å². The lowest BCUT2D eigenvalue weighted by Crippen LogP contribution is -2.22. The number of anilines is 6. The van der Waals surface area contributed by atoms with Gasteiger partial charge in [0.05, 0.1) is 11.0 Å². The molecule has 1 spiro atoms. The number of aromatic nitrogens is 1. The smallest absolute Gasteiger partial charge is 0.0561 e. The highest BCUT2D eigenvalue weighted by Crippen LogP contribution is 2.55. The summed E-state index contributed by atoms with van der Waals surface area (Å²) in [5.41, 5.74) is 18.8. The van der Waals surface area contributed by atoms with Crippen LogP contribution in [0.25, 0.3) is 38.6 Å². The molecule has 0 saturated heterocycles. The summed E-state index contributed by atoms with van der Waals surface area (Å²) in [5, 5.41) is 2.52. The summed E-state index contributed by atoms with van der Waals surface area (Å²) in [4.78, 5) is 4.89. The lowest BCUT2D eigenvalue weighted by Gasteiger charge is -2.31. The van der Waals surface area contributed by atoms with Crippen molar-refractivity contribution in [1.82, 2.24) is 4.57 Å². The van der Waals surface area contributed by atoms with Crippen LogP contribution in [0.4, 0.5) is 34.1 Å². The van der Waals surface area contributed by atoms with Crippen LogP contribution >= 0.6 is 0 Å². The molecule has 10 aromatic rings. The number of aryl methyl sites for hydroxylation is 2. The van der Waals surface area contributed by atoms with Gasteiger partial charge in [-0.15, -0.1) is 0 Å². The lowest BCUT2D eigenvalue weighted by atomic mass is 9.76. The standard InChI is InChI=1S/C59H45N3/c1-5-15-42(16-6-1)43-25-29-49(30-26-43)60(46-17-7-2-8-18-46)50-31-27-44-35-37-59(55(44)39-50)38-36-45-28-32-51(40-56(45)59)61(47-19-9-3-10-20-47)52-33-34-54-53-23-13-14-24-57(53)62(58(54)41-52)48-21-11-4-12-22-48/h1-34,39-41H,35-38H2/t59-/m1/s1. The molecule has 1 heterocycles. The number of rotatable bonds is 8. The second kappa shape index (κ2) is 14.8. The van der Waals surface area contributed by atoms with Crippen LogP contribution in [-0.4, -0.2) is 4.57 Å². The van der Waals surface area contributed by atoms with E-state index < -0.39 is 0 Å². The van der Waals surface area contributed by atoms with E-state index in [1.165, 1.54) is 66.6 Å². The van der Waals surface area contributed by atoms with Crippen molar-refractivity contribution in [2.75, 3.05) is 9.80 Å². The third-order valence-corrected chi connectivity index (χ3v) is 13.6. The van der Waals surface area contributed by atoms with Crippen molar-refractivity contribution < 1.29 is 0 Å². The molecule has 0 saturated carbocycles. The SMILES string of the molecule is c1ccc(-c2ccc(N(c3ccccc3)c3ccc4c(c3)[C@@]3(CC4)CCc4ccc(N(c5ccccc5)c5ccc6c7ccccc7n(-c7ccccc7)c6c5)cc43)cc2)cc1. The van der Waals surface area contributed by atoms with Crippen LogP contribution in [0, 0.1) is 0 Å². The Labute approximate surface area is 363 Å². The zero-order valence-corrected chi connectivity index (χ0v) is 34.5. The first-order valence-electron chi connectivity index (χ1n) is 21.9. The minimum Gasteiger partial charge on any atom is -0.310 e. The zero-order chi connectivity index (χ0) is 41.0. The first-order chi connectivity index (χ1) is 30.7. The van der Waals surface area contributed by atoms with Crippen molar-refractivity contribution in [2.24, 2.45) is 0 Å². The summed E-state index contributed by atoms with van der Waals surface area (Å²) in [6.07, 6.45) is 4.40. The molecule has 12 rings (SSSR count). The van der Waals surface area contributed by atoms with Gasteiger partial charge >= 0.3 is 0 Å². The molecule has 0 aliphatic heterocycles. The molecular formula is C59H45N3. The topological polar surface area (TPSA) is 11.4 Å². The average Bonchev–Trinajstić information content (AvgIpc) is 4.02. The Bertz CT molecular complexity index is 3220. The van der Waals surface area contributed by atoms with E-state index in [-0.39, 0.29) is 5.41 Å². The molecule has 0 fully saturated rings. The summed E-state index contributed by atoms with van der Waals surface area (Å²) < 4.78 is 2.42. The number of hydrogen-bond acceptors (Lipinski definition) is 2. The van der Waals surface area contributed by atoms with Crippen LogP contribution in [0.5, 0.6) is 0 Å². The average molecular weight is 796 g/mol. The Hall–Kier alpha value is -7.62. The van der Waals surface area contributed by atoms with E-state index in [1.807, 2.05) is 0 Å². The van der Waals surface area contributed by atoms with Crippen LogP contribution in [-0.2, 0) is 18.3 Å². The summed E-state index contributed by atoms with van der Waals surface area (Å²) in [6.45, 7) is 0. The molecule has 3 nitrogen and oxygen atoms in total. The largest absolute Gasteiger partial charge is 0.310 e. The molecule has 1 aromatic heterocycles. The Morgan fingerprint density at radius 2 is 0.774 bits per heavy atom. The highest BCUT2D eigenvalue weighted by Gasteiger charge is 2.45. The van der Waals surface area contributed by atoms with Crippen molar-refractivity contribution in [1.29, 1.82) is 0 Å². The van der Waals surface area contributed by atoms with Gasteiger partial charge in [-0.3, -0.25) is 0 Å². The highest BCUT2D eigenvalue weighted by molar-refractivity contribution is 6.10. The first-order valence-corrected chi connectivity index (χ1v) is 21.9. The Balaban J connectivity index is 0.977. The van der Waals surface area contributed by atoms with Crippen molar-refractivity contribution in [2.45, 2.75) is 31.1 Å². The van der Waals surface area contributed by atoms with E-state index in [0.717, 1.165) is 54.1 Å². The molecule has 2 aliphatic rings. The molecule has 0 amide bonds. The van der Waals surface area contributed by atoms with E-state index in [4.69, 9.17) is 0 Å². The summed E-state index contributed by atoms with van der Waals surface area (Å²) in [6, 6.07) is 82.5. The summed E-state index contributed by atoms with van der Waals surface area (Å²) in [5.74, 6) is 0. The molecule has 9 aromatic carbocycles. The second-order valence-electron chi connectivity index (χ2n) is 16.9. The van der Waals surface area contributed by atoms with Crippen LogP contribution in [0.1, 0.15) is 35.1 Å². The third kappa shape index (κ3) is 5.96. The van der Waals surface area contributed by atoms with Gasteiger partial charge in [-0.25, -0.2) is 0 Å². The molecule has 1 atom stereocenters. The van der Waals surface area contributed by atoms with Gasteiger partial charge in [-0.05, 0) is 150 Å². The quantitative estimate of drug-likeness (QED) is 0.152. The number of para-hydroxylation sites is 4.